The fraction of sp³-hybridized carbons (Fsp3) is 0.867. The van der Waals surface area contributed by atoms with E-state index in [9.17, 15) is 24.9 Å². The lowest BCUT2D eigenvalue weighted by Gasteiger charge is -2.71. The third-order valence-corrected chi connectivity index (χ3v) is 13.0. The van der Waals surface area contributed by atoms with Crippen LogP contribution in [0.5, 0.6) is 0 Å². The number of fused-ring (bicyclic) bond motifs is 7. The van der Waals surface area contributed by atoms with Gasteiger partial charge in [0, 0.05) is 5.41 Å². The number of ether oxygens (including phenoxy) is 1. The lowest BCUT2D eigenvalue weighted by atomic mass is 9.33. The molecule has 6 nitrogen and oxygen atoms in total. The molecule has 5 aliphatic rings. The maximum atomic E-state index is 12.8. The summed E-state index contributed by atoms with van der Waals surface area (Å²) in [6, 6.07) is 0. The maximum Gasteiger partial charge on any atom is 0.309 e. The fourth-order valence-electron chi connectivity index (χ4n) is 11.4. The summed E-state index contributed by atoms with van der Waals surface area (Å²) in [5.74, 6) is -1.23. The Bertz CT molecular complexity index is 988. The van der Waals surface area contributed by atoms with E-state index in [-0.39, 0.29) is 46.8 Å². The van der Waals surface area contributed by atoms with Crippen LogP contribution in [-0.2, 0) is 14.3 Å². The molecule has 202 valence electrons. The summed E-state index contributed by atoms with van der Waals surface area (Å²) in [6.07, 6.45) is 4.37. The molecule has 1 saturated heterocycles. The second-order valence-corrected chi connectivity index (χ2v) is 14.5. The van der Waals surface area contributed by atoms with E-state index in [1.807, 2.05) is 6.92 Å². The molecule has 0 bridgehead atoms. The summed E-state index contributed by atoms with van der Waals surface area (Å²) in [4.78, 5) is 24.7. The van der Waals surface area contributed by atoms with Crippen LogP contribution in [0.3, 0.4) is 0 Å². The largest absolute Gasteiger partial charge is 0.481 e. The summed E-state index contributed by atoms with van der Waals surface area (Å²) in [7, 11) is 0. The number of aliphatic carboxylic acids is 2. The van der Waals surface area contributed by atoms with Crippen LogP contribution in [0.4, 0.5) is 0 Å². The molecule has 5 rings (SSSR count). The monoisotopic (exact) mass is 502 g/mol. The molecular formula is C30H46O6. The van der Waals surface area contributed by atoms with Gasteiger partial charge in [-0.1, -0.05) is 32.9 Å². The first-order valence-corrected chi connectivity index (χ1v) is 14.0. The van der Waals surface area contributed by atoms with E-state index in [4.69, 9.17) is 4.74 Å². The Labute approximate surface area is 215 Å². The highest BCUT2D eigenvalue weighted by Crippen LogP contribution is 2.77. The van der Waals surface area contributed by atoms with E-state index < -0.39 is 40.6 Å². The van der Waals surface area contributed by atoms with Gasteiger partial charge in [0.1, 0.15) is 0 Å². The number of carboxylic acid groups (broad SMARTS) is 2. The van der Waals surface area contributed by atoms with Crippen molar-refractivity contribution in [3.63, 3.8) is 0 Å². The number of carboxylic acids is 2. The topological polar surface area (TPSA) is 104 Å². The first-order valence-electron chi connectivity index (χ1n) is 14.0. The molecule has 0 aromatic carbocycles. The Balaban J connectivity index is 1.63. The highest BCUT2D eigenvalue weighted by atomic mass is 16.5. The lowest BCUT2D eigenvalue weighted by molar-refractivity contribution is -0.254. The smallest absolute Gasteiger partial charge is 0.309 e. The second-order valence-electron chi connectivity index (χ2n) is 14.5. The normalized spacial score (nSPS) is 53.0. The molecular weight excluding hydrogens is 456 g/mol. The van der Waals surface area contributed by atoms with Crippen molar-refractivity contribution >= 4 is 11.9 Å². The van der Waals surface area contributed by atoms with Crippen molar-refractivity contribution in [1.82, 2.24) is 0 Å². The van der Waals surface area contributed by atoms with Crippen LogP contribution in [0.2, 0.25) is 0 Å². The second kappa shape index (κ2) is 7.81. The van der Waals surface area contributed by atoms with E-state index in [0.717, 1.165) is 31.3 Å². The van der Waals surface area contributed by atoms with Gasteiger partial charge in [-0.15, -0.1) is 0 Å². The van der Waals surface area contributed by atoms with Crippen molar-refractivity contribution in [2.24, 2.45) is 51.2 Å². The SMILES string of the molecule is C=C(C)[C@@H]1CC[C@]2(C(=O)O)CC[C@]3(C)[C@H](C[C@@H](O)[C@@H]4[C@@]5(C)C(CC(=O)O)OC(C)(C)C5CC[C@]43C)[C@@H]12. The number of rotatable bonds is 4. The van der Waals surface area contributed by atoms with Crippen LogP contribution in [0, 0.1) is 51.2 Å². The van der Waals surface area contributed by atoms with E-state index in [2.05, 4.69) is 41.2 Å². The first kappa shape index (κ1) is 26.2. The number of allylic oxidation sites excluding steroid dienone is 1. The standard InChI is InChI=1S/C30H46O6/c1-16(2)17-8-11-30(25(34)35)13-12-27(5)18(23(17)30)14-19(31)24-28(27,6)10-9-20-26(3,4)36-21(15-22(32)33)29(20,24)7/h17-21,23-24,31H,1,8-15H2,2-7H3,(H,32,33)(H,34,35)/t17-,18+,19+,20?,21?,23+,24-,27+,28+,29+,30-/m0/s1. The van der Waals surface area contributed by atoms with Crippen molar-refractivity contribution in [1.29, 1.82) is 0 Å². The van der Waals surface area contributed by atoms with Gasteiger partial charge in [-0.3, -0.25) is 9.59 Å². The number of hydrogen-bond donors (Lipinski definition) is 3. The molecule has 4 saturated carbocycles. The van der Waals surface area contributed by atoms with Crippen LogP contribution in [-0.4, -0.2) is 45.1 Å². The van der Waals surface area contributed by atoms with Crippen molar-refractivity contribution in [2.75, 3.05) is 0 Å². The molecule has 4 aliphatic carbocycles. The van der Waals surface area contributed by atoms with E-state index in [1.54, 1.807) is 0 Å². The molecule has 0 aromatic heterocycles. The molecule has 0 radical (unpaired) electrons. The number of carbonyl (C=O) groups is 2. The zero-order chi connectivity index (χ0) is 26.6. The minimum absolute atomic E-state index is 0.0182. The molecule has 11 atom stereocenters. The van der Waals surface area contributed by atoms with Crippen molar-refractivity contribution in [2.45, 2.75) is 111 Å². The van der Waals surface area contributed by atoms with Crippen molar-refractivity contribution in [3.05, 3.63) is 12.2 Å². The van der Waals surface area contributed by atoms with Gasteiger partial charge in [-0.05, 0) is 106 Å². The van der Waals surface area contributed by atoms with Gasteiger partial charge in [0.15, 0.2) is 0 Å². The molecule has 2 unspecified atom stereocenters. The minimum Gasteiger partial charge on any atom is -0.481 e. The molecule has 0 spiro atoms. The summed E-state index contributed by atoms with van der Waals surface area (Å²) in [5, 5.41) is 32.3. The number of hydrogen-bond acceptors (Lipinski definition) is 4. The van der Waals surface area contributed by atoms with Crippen LogP contribution in [0.25, 0.3) is 0 Å². The average Bonchev–Trinajstić information content (AvgIpc) is 3.23. The van der Waals surface area contributed by atoms with Crippen molar-refractivity contribution < 1.29 is 29.6 Å². The van der Waals surface area contributed by atoms with Crippen LogP contribution in [0.15, 0.2) is 12.2 Å². The van der Waals surface area contributed by atoms with E-state index >= 15 is 0 Å². The van der Waals surface area contributed by atoms with Crippen molar-refractivity contribution in [3.8, 4) is 0 Å². The Kier molecular flexibility index (Phi) is 5.69. The number of aliphatic hydroxyl groups is 1. The quantitative estimate of drug-likeness (QED) is 0.437. The molecule has 5 fully saturated rings. The summed E-state index contributed by atoms with van der Waals surface area (Å²) in [5.41, 5.74) is -0.969. The third-order valence-electron chi connectivity index (χ3n) is 13.0. The molecule has 36 heavy (non-hydrogen) atoms. The fourth-order valence-corrected chi connectivity index (χ4v) is 11.4. The van der Waals surface area contributed by atoms with Crippen LogP contribution < -0.4 is 0 Å². The molecule has 1 heterocycles. The van der Waals surface area contributed by atoms with Gasteiger partial charge in [-0.2, -0.15) is 0 Å². The highest BCUT2D eigenvalue weighted by molar-refractivity contribution is 5.76. The Morgan fingerprint density at radius 3 is 2.22 bits per heavy atom. The zero-order valence-electron chi connectivity index (χ0n) is 23.0. The Morgan fingerprint density at radius 1 is 0.972 bits per heavy atom. The molecule has 0 amide bonds. The predicted octanol–water partition coefficient (Wildman–Crippen LogP) is 5.53. The molecule has 3 N–H and O–H groups in total. The predicted molar refractivity (Wildman–Crippen MR) is 136 cm³/mol. The molecule has 6 heteroatoms. The van der Waals surface area contributed by atoms with E-state index in [0.29, 0.717) is 19.3 Å². The average molecular weight is 503 g/mol. The van der Waals surface area contributed by atoms with Gasteiger partial charge in [0.05, 0.1) is 29.6 Å². The van der Waals surface area contributed by atoms with Gasteiger partial charge < -0.3 is 20.1 Å². The third kappa shape index (κ3) is 3.03. The number of aliphatic hydroxyl groups excluding tert-OH is 1. The Morgan fingerprint density at radius 2 is 1.64 bits per heavy atom. The maximum absolute atomic E-state index is 12.8. The van der Waals surface area contributed by atoms with Gasteiger partial charge in [0.2, 0.25) is 0 Å². The van der Waals surface area contributed by atoms with Gasteiger partial charge in [-0.25, -0.2) is 0 Å². The Hall–Kier alpha value is -1.40. The van der Waals surface area contributed by atoms with Crippen LogP contribution in [0.1, 0.15) is 92.9 Å². The summed E-state index contributed by atoms with van der Waals surface area (Å²) >= 11 is 0. The van der Waals surface area contributed by atoms with Gasteiger partial charge in [0.25, 0.3) is 0 Å². The van der Waals surface area contributed by atoms with Gasteiger partial charge >= 0.3 is 11.9 Å². The highest BCUT2D eigenvalue weighted by Gasteiger charge is 2.75. The lowest BCUT2D eigenvalue weighted by Crippen LogP contribution is -2.69. The molecule has 0 aromatic rings. The van der Waals surface area contributed by atoms with Crippen LogP contribution >= 0.6 is 0 Å². The zero-order valence-corrected chi connectivity index (χ0v) is 23.0. The first-order chi connectivity index (χ1) is 16.6. The van der Waals surface area contributed by atoms with E-state index in [1.165, 1.54) is 0 Å². The summed E-state index contributed by atoms with van der Waals surface area (Å²) in [6.45, 7) is 17.4. The minimum atomic E-state index is -0.862. The molecule has 1 aliphatic heterocycles. The summed E-state index contributed by atoms with van der Waals surface area (Å²) < 4.78 is 6.51.